The zero-order valence-electron chi connectivity index (χ0n) is 19.1. The van der Waals surface area contributed by atoms with Crippen molar-refractivity contribution in [3.63, 3.8) is 0 Å². The first-order chi connectivity index (χ1) is 15.6. The molecule has 7 nitrogen and oxygen atoms in total. The molecule has 8 heteroatoms. The number of aromatic nitrogens is 2. The summed E-state index contributed by atoms with van der Waals surface area (Å²) in [7, 11) is 2.09. The second kappa shape index (κ2) is 16.5. The van der Waals surface area contributed by atoms with E-state index in [2.05, 4.69) is 40.1 Å². The third-order valence-electron chi connectivity index (χ3n) is 4.36. The summed E-state index contributed by atoms with van der Waals surface area (Å²) in [4.78, 5) is 16.1. The number of fused-ring (bicyclic) bond motifs is 2. The van der Waals surface area contributed by atoms with Gasteiger partial charge in [-0.05, 0) is 42.6 Å². The Balaban J connectivity index is 0.000000440. The zero-order chi connectivity index (χ0) is 23.8. The molecule has 0 saturated heterocycles. The molecular formula is C24H33N4O3V+. The number of hydrogen-bond acceptors (Lipinski definition) is 6. The van der Waals surface area contributed by atoms with Gasteiger partial charge in [0.05, 0.1) is 5.69 Å². The Morgan fingerprint density at radius 1 is 0.969 bits per heavy atom. The molecule has 3 aromatic rings. The molecule has 2 heterocycles. The van der Waals surface area contributed by atoms with Crippen LogP contribution in [0.3, 0.4) is 0 Å². The molecule has 0 aliphatic carbocycles. The number of hydrogen-bond donors (Lipinski definition) is 2. The van der Waals surface area contributed by atoms with E-state index in [9.17, 15) is 0 Å². The molecule has 0 bridgehead atoms. The van der Waals surface area contributed by atoms with Gasteiger partial charge in [-0.15, -0.1) is 0 Å². The van der Waals surface area contributed by atoms with Crippen molar-refractivity contribution in [2.45, 2.75) is 39.7 Å². The third kappa shape index (κ3) is 9.55. The SMILES string of the molecule is CCCO.CCCO.CN(CC1=Nc2ccccc2C1)Cc1nc2ccccc2[n-]1.[O]=[V+2]. The van der Waals surface area contributed by atoms with Gasteiger partial charge in [-0.25, -0.2) is 0 Å². The Labute approximate surface area is 199 Å². The van der Waals surface area contributed by atoms with Gasteiger partial charge in [-0.2, -0.15) is 0 Å². The number of benzene rings is 2. The fourth-order valence-electron chi connectivity index (χ4n) is 2.93. The van der Waals surface area contributed by atoms with E-state index in [0.717, 1.165) is 72.3 Å². The number of imidazole rings is 1. The van der Waals surface area contributed by atoms with E-state index in [1.165, 1.54) is 11.3 Å². The van der Waals surface area contributed by atoms with Crippen molar-refractivity contribution in [1.82, 2.24) is 14.9 Å². The van der Waals surface area contributed by atoms with Crippen LogP contribution in [0.1, 0.15) is 38.1 Å². The normalized spacial score (nSPS) is 11.4. The number of aliphatic imine (C=N–C) groups is 1. The van der Waals surface area contributed by atoms with Crippen LogP contribution in [0.25, 0.3) is 11.0 Å². The first-order valence-electron chi connectivity index (χ1n) is 10.7. The molecule has 2 aromatic carbocycles. The Morgan fingerprint density at radius 3 is 2.16 bits per heavy atom. The monoisotopic (exact) mass is 476 g/mol. The molecule has 0 unspecified atom stereocenters. The molecule has 0 atom stereocenters. The standard InChI is InChI=1S/C18H17N4.2C3H8O.O.V/c1-22(11-14-10-13-6-2-3-7-15(13)19-14)12-18-20-16-8-4-5-9-17(16)21-18;2*1-2-3-4;;/h2-9H,10-12H2,1H3;2*4H,2-3H2,1H3;;/q-1;;;;+2. The molecule has 2 N–H and O–H groups in total. The van der Waals surface area contributed by atoms with Crippen LogP contribution in [-0.4, -0.2) is 52.6 Å². The van der Waals surface area contributed by atoms with Crippen molar-refractivity contribution in [1.29, 1.82) is 0 Å². The van der Waals surface area contributed by atoms with E-state index in [1.54, 1.807) is 0 Å². The van der Waals surface area contributed by atoms with Crippen molar-refractivity contribution in [3.8, 4) is 0 Å². The third-order valence-corrected chi connectivity index (χ3v) is 4.36. The summed E-state index contributed by atoms with van der Waals surface area (Å²) in [6, 6.07) is 16.3. The Kier molecular flexibility index (Phi) is 14.4. The molecular weight excluding hydrogens is 443 g/mol. The maximum absolute atomic E-state index is 8.19. The first-order valence-corrected chi connectivity index (χ1v) is 11.3. The van der Waals surface area contributed by atoms with Crippen LogP contribution >= 0.6 is 0 Å². The van der Waals surface area contributed by atoms with Crippen LogP contribution < -0.4 is 4.98 Å². The summed E-state index contributed by atoms with van der Waals surface area (Å²) in [6.45, 7) is 6.09. The van der Waals surface area contributed by atoms with Gasteiger partial charge in [0.25, 0.3) is 0 Å². The molecule has 0 fully saturated rings. The predicted octanol–water partition coefficient (Wildman–Crippen LogP) is 3.61. The van der Waals surface area contributed by atoms with E-state index in [1.807, 2.05) is 44.2 Å². The summed E-state index contributed by atoms with van der Waals surface area (Å²) in [5, 5.41) is 15.8. The summed E-state index contributed by atoms with van der Waals surface area (Å²) in [5.74, 6) is 0.875. The van der Waals surface area contributed by atoms with Crippen LogP contribution in [0.5, 0.6) is 0 Å². The molecule has 32 heavy (non-hydrogen) atoms. The number of para-hydroxylation sites is 3. The summed E-state index contributed by atoms with van der Waals surface area (Å²) < 4.78 is 8.19. The van der Waals surface area contributed by atoms with Gasteiger partial charge in [0.15, 0.2) is 0 Å². The quantitative estimate of drug-likeness (QED) is 0.564. The van der Waals surface area contributed by atoms with Gasteiger partial charge in [0.2, 0.25) is 0 Å². The minimum absolute atomic E-state index is 0.319. The Hall–Kier alpha value is -2.16. The Bertz CT molecular complexity index is 905. The fraction of sp³-hybridized carbons (Fsp3) is 0.417. The van der Waals surface area contributed by atoms with Crippen molar-refractivity contribution < 1.29 is 31.3 Å². The molecule has 171 valence electrons. The predicted molar refractivity (Wildman–Crippen MR) is 124 cm³/mol. The van der Waals surface area contributed by atoms with Crippen molar-refractivity contribution >= 4 is 22.4 Å². The zero-order valence-corrected chi connectivity index (χ0v) is 20.5. The van der Waals surface area contributed by atoms with Gasteiger partial charge in [0.1, 0.15) is 0 Å². The summed E-state index contributed by atoms with van der Waals surface area (Å²) in [6.07, 6.45) is 2.70. The van der Waals surface area contributed by atoms with E-state index in [0.29, 0.717) is 13.2 Å². The summed E-state index contributed by atoms with van der Waals surface area (Å²) in [5.41, 5.74) is 5.58. The molecule has 0 spiro atoms. The van der Waals surface area contributed by atoms with Gasteiger partial charge >= 0.3 is 21.0 Å². The van der Waals surface area contributed by atoms with Gasteiger partial charge in [-0.3, -0.25) is 9.89 Å². The topological polar surface area (TPSA) is 100 Å². The number of rotatable bonds is 6. The number of aliphatic hydroxyl groups is 2. The van der Waals surface area contributed by atoms with Crippen molar-refractivity contribution in [2.75, 3.05) is 26.8 Å². The van der Waals surface area contributed by atoms with Crippen molar-refractivity contribution in [2.24, 2.45) is 4.99 Å². The molecule has 4 rings (SSSR count). The molecule has 1 aromatic heterocycles. The second-order valence-electron chi connectivity index (χ2n) is 7.23. The molecule has 1 aliphatic rings. The van der Waals surface area contributed by atoms with E-state index in [-0.39, 0.29) is 0 Å². The number of nitrogens with zero attached hydrogens (tertiary/aromatic N) is 4. The van der Waals surface area contributed by atoms with Gasteiger partial charge < -0.3 is 20.2 Å². The van der Waals surface area contributed by atoms with Crippen LogP contribution in [-0.2, 0) is 34.0 Å². The average Bonchev–Trinajstić information content (AvgIpc) is 3.43. The second-order valence-corrected chi connectivity index (χ2v) is 7.23. The van der Waals surface area contributed by atoms with Crippen molar-refractivity contribution in [3.05, 3.63) is 59.9 Å². The molecule has 0 radical (unpaired) electrons. The molecule has 0 amide bonds. The maximum atomic E-state index is 8.19. The molecule has 1 aliphatic heterocycles. The summed E-state index contributed by atoms with van der Waals surface area (Å²) >= 11 is 1.06. The van der Waals surface area contributed by atoms with E-state index < -0.39 is 0 Å². The molecule has 0 saturated carbocycles. The Morgan fingerprint density at radius 2 is 1.56 bits per heavy atom. The number of aliphatic hydroxyl groups excluding tert-OH is 2. The van der Waals surface area contributed by atoms with Gasteiger partial charge in [0, 0.05) is 38.4 Å². The van der Waals surface area contributed by atoms with E-state index in [4.69, 9.17) is 18.9 Å². The van der Waals surface area contributed by atoms with Crippen LogP contribution in [0.4, 0.5) is 5.69 Å². The van der Waals surface area contributed by atoms with Crippen LogP contribution in [0, 0.1) is 0 Å². The van der Waals surface area contributed by atoms with Crippen LogP contribution in [0.15, 0.2) is 53.5 Å². The fourth-order valence-corrected chi connectivity index (χ4v) is 2.93. The first kappa shape index (κ1) is 27.9. The average molecular weight is 476 g/mol. The van der Waals surface area contributed by atoms with Crippen LogP contribution in [0.2, 0.25) is 0 Å². The van der Waals surface area contributed by atoms with E-state index >= 15 is 0 Å². The minimum atomic E-state index is 0.319. The van der Waals surface area contributed by atoms with Gasteiger partial charge in [-0.1, -0.05) is 62.1 Å².